The molecular weight excluding hydrogens is 281 g/mol. The molecule has 0 unspecified atom stereocenters. The molecule has 0 amide bonds. The number of halogens is 2. The largest absolute Gasteiger partial charge is 0.496 e. The number of rotatable bonds is 3. The lowest BCUT2D eigenvalue weighted by atomic mass is 10.2. The minimum Gasteiger partial charge on any atom is -0.496 e. The molecule has 0 heterocycles. The van der Waals surface area contributed by atoms with E-state index in [1.807, 2.05) is 37.3 Å². The summed E-state index contributed by atoms with van der Waals surface area (Å²) in [6.07, 6.45) is 1.73. The van der Waals surface area contributed by atoms with Crippen molar-refractivity contribution < 1.29 is 4.74 Å². The predicted molar refractivity (Wildman–Crippen MR) is 81.4 cm³/mol. The van der Waals surface area contributed by atoms with Crippen molar-refractivity contribution in [1.82, 2.24) is 0 Å². The molecule has 0 radical (unpaired) electrons. The molecule has 0 spiro atoms. The Balaban J connectivity index is 2.37. The van der Waals surface area contributed by atoms with Gasteiger partial charge in [0.15, 0.2) is 0 Å². The van der Waals surface area contributed by atoms with E-state index in [2.05, 4.69) is 4.99 Å². The molecule has 4 heteroatoms. The zero-order valence-electron chi connectivity index (χ0n) is 10.7. The van der Waals surface area contributed by atoms with Gasteiger partial charge in [0.25, 0.3) is 0 Å². The summed E-state index contributed by atoms with van der Waals surface area (Å²) >= 11 is 12.0. The molecule has 0 N–H and O–H groups in total. The molecule has 0 aliphatic carbocycles. The summed E-state index contributed by atoms with van der Waals surface area (Å²) in [6.45, 7) is 1.93. The van der Waals surface area contributed by atoms with Gasteiger partial charge >= 0.3 is 0 Å². The number of nitrogens with zero attached hydrogens (tertiary/aromatic N) is 1. The fraction of sp³-hybridized carbons (Fsp3) is 0.133. The lowest BCUT2D eigenvalue weighted by Gasteiger charge is -2.05. The van der Waals surface area contributed by atoms with E-state index in [1.165, 1.54) is 0 Å². The van der Waals surface area contributed by atoms with Gasteiger partial charge < -0.3 is 4.74 Å². The molecule has 0 saturated carbocycles. The fourth-order valence-electron chi connectivity index (χ4n) is 1.68. The van der Waals surface area contributed by atoms with Gasteiger partial charge in [-0.1, -0.05) is 29.3 Å². The van der Waals surface area contributed by atoms with Crippen LogP contribution in [0.1, 0.15) is 11.1 Å². The molecule has 0 bridgehead atoms. The minimum absolute atomic E-state index is 0.644. The second kappa shape index (κ2) is 6.09. The zero-order chi connectivity index (χ0) is 13.8. The fourth-order valence-corrected chi connectivity index (χ4v) is 2.03. The van der Waals surface area contributed by atoms with Gasteiger partial charge in [-0.3, -0.25) is 4.99 Å². The van der Waals surface area contributed by atoms with E-state index in [0.717, 1.165) is 22.6 Å². The lowest BCUT2D eigenvalue weighted by Crippen LogP contribution is -1.90. The van der Waals surface area contributed by atoms with Crippen molar-refractivity contribution in [2.75, 3.05) is 7.11 Å². The molecular formula is C15H13Cl2NO. The normalized spacial score (nSPS) is 10.9. The number of hydrogen-bond donors (Lipinski definition) is 0. The number of hydrogen-bond acceptors (Lipinski definition) is 2. The molecule has 2 nitrogen and oxygen atoms in total. The van der Waals surface area contributed by atoms with Crippen molar-refractivity contribution in [3.8, 4) is 5.75 Å². The summed E-state index contributed by atoms with van der Waals surface area (Å²) in [7, 11) is 1.62. The van der Waals surface area contributed by atoms with Gasteiger partial charge in [-0.05, 0) is 42.8 Å². The first-order valence-corrected chi connectivity index (χ1v) is 6.50. The van der Waals surface area contributed by atoms with E-state index in [1.54, 1.807) is 19.4 Å². The molecule has 0 aliphatic heterocycles. The molecule has 2 aromatic rings. The van der Waals surface area contributed by atoms with Crippen molar-refractivity contribution in [3.05, 3.63) is 57.6 Å². The van der Waals surface area contributed by atoms with Gasteiger partial charge in [0, 0.05) is 21.8 Å². The van der Waals surface area contributed by atoms with Crippen LogP contribution in [0.4, 0.5) is 5.69 Å². The third-order valence-electron chi connectivity index (χ3n) is 2.77. The van der Waals surface area contributed by atoms with Crippen molar-refractivity contribution >= 4 is 35.1 Å². The molecule has 0 fully saturated rings. The van der Waals surface area contributed by atoms with Gasteiger partial charge in [-0.2, -0.15) is 0 Å². The molecule has 0 aliphatic rings. The average Bonchev–Trinajstić information content (AvgIpc) is 2.40. The standard InChI is InChI=1S/C15H13Cl2NO/c1-10-13(17)4-3-5-14(10)18-9-11-8-12(16)6-7-15(11)19-2/h3-9H,1-2H3. The van der Waals surface area contributed by atoms with Crippen LogP contribution in [-0.2, 0) is 0 Å². The maximum Gasteiger partial charge on any atom is 0.127 e. The highest BCUT2D eigenvalue weighted by atomic mass is 35.5. The Hall–Kier alpha value is -1.51. The first-order chi connectivity index (χ1) is 9.11. The Kier molecular flexibility index (Phi) is 4.46. The number of methoxy groups -OCH3 is 1. The van der Waals surface area contributed by atoms with Crippen LogP contribution in [0.5, 0.6) is 5.75 Å². The molecule has 2 rings (SSSR count). The molecule has 0 aromatic heterocycles. The van der Waals surface area contributed by atoms with Crippen molar-refractivity contribution in [2.45, 2.75) is 6.92 Å². The van der Waals surface area contributed by atoms with Crippen LogP contribution < -0.4 is 4.74 Å². The van der Waals surface area contributed by atoms with Crippen molar-refractivity contribution in [2.24, 2.45) is 4.99 Å². The monoisotopic (exact) mass is 293 g/mol. The lowest BCUT2D eigenvalue weighted by molar-refractivity contribution is 0.414. The Morgan fingerprint density at radius 2 is 1.95 bits per heavy atom. The smallest absolute Gasteiger partial charge is 0.127 e. The Bertz CT molecular complexity index is 624. The van der Waals surface area contributed by atoms with Crippen LogP contribution in [0, 0.1) is 6.92 Å². The number of benzene rings is 2. The molecule has 0 atom stereocenters. The third kappa shape index (κ3) is 3.28. The van der Waals surface area contributed by atoms with Crippen LogP contribution in [0.2, 0.25) is 10.0 Å². The zero-order valence-corrected chi connectivity index (χ0v) is 12.2. The second-order valence-electron chi connectivity index (χ2n) is 4.03. The minimum atomic E-state index is 0.644. The summed E-state index contributed by atoms with van der Waals surface area (Å²) in [5.74, 6) is 0.729. The van der Waals surface area contributed by atoms with Crippen LogP contribution in [0.3, 0.4) is 0 Å². The topological polar surface area (TPSA) is 21.6 Å². The highest BCUT2D eigenvalue weighted by Crippen LogP contribution is 2.26. The first kappa shape index (κ1) is 13.9. The van der Waals surface area contributed by atoms with E-state index < -0.39 is 0 Å². The van der Waals surface area contributed by atoms with Gasteiger partial charge in [0.1, 0.15) is 5.75 Å². The maximum absolute atomic E-state index is 6.06. The van der Waals surface area contributed by atoms with Crippen molar-refractivity contribution in [3.63, 3.8) is 0 Å². The molecule has 19 heavy (non-hydrogen) atoms. The Morgan fingerprint density at radius 3 is 2.68 bits per heavy atom. The predicted octanol–water partition coefficient (Wildman–Crippen LogP) is 5.06. The van der Waals surface area contributed by atoms with E-state index in [-0.39, 0.29) is 0 Å². The maximum atomic E-state index is 6.06. The van der Waals surface area contributed by atoms with Crippen LogP contribution in [0.25, 0.3) is 0 Å². The van der Waals surface area contributed by atoms with Crippen LogP contribution in [-0.4, -0.2) is 13.3 Å². The SMILES string of the molecule is COc1ccc(Cl)cc1C=Nc1cccc(Cl)c1C. The number of ether oxygens (including phenoxy) is 1. The van der Waals surface area contributed by atoms with Crippen LogP contribution in [0.15, 0.2) is 41.4 Å². The van der Waals surface area contributed by atoms with Gasteiger partial charge in [0.2, 0.25) is 0 Å². The summed E-state index contributed by atoms with van der Waals surface area (Å²) in [5, 5.41) is 1.35. The van der Waals surface area contributed by atoms with E-state index in [4.69, 9.17) is 27.9 Å². The summed E-state index contributed by atoms with van der Waals surface area (Å²) < 4.78 is 5.27. The molecule has 2 aromatic carbocycles. The van der Waals surface area contributed by atoms with Gasteiger partial charge in [-0.15, -0.1) is 0 Å². The van der Waals surface area contributed by atoms with E-state index in [9.17, 15) is 0 Å². The second-order valence-corrected chi connectivity index (χ2v) is 4.87. The quantitative estimate of drug-likeness (QED) is 0.725. The summed E-state index contributed by atoms with van der Waals surface area (Å²) in [4.78, 5) is 4.44. The highest BCUT2D eigenvalue weighted by Gasteiger charge is 2.03. The Morgan fingerprint density at radius 1 is 1.16 bits per heavy atom. The summed E-state index contributed by atoms with van der Waals surface area (Å²) in [5.41, 5.74) is 2.60. The van der Waals surface area contributed by atoms with E-state index in [0.29, 0.717) is 10.0 Å². The van der Waals surface area contributed by atoms with Crippen molar-refractivity contribution in [1.29, 1.82) is 0 Å². The molecule has 98 valence electrons. The van der Waals surface area contributed by atoms with Gasteiger partial charge in [0.05, 0.1) is 12.8 Å². The van der Waals surface area contributed by atoms with Gasteiger partial charge in [-0.25, -0.2) is 0 Å². The first-order valence-electron chi connectivity index (χ1n) is 5.74. The Labute approximate surface area is 122 Å². The van der Waals surface area contributed by atoms with Crippen LogP contribution >= 0.6 is 23.2 Å². The summed E-state index contributed by atoms with van der Waals surface area (Å²) in [6, 6.07) is 11.0. The molecule has 0 saturated heterocycles. The number of aliphatic imine (C=N–C) groups is 1. The average molecular weight is 294 g/mol. The highest BCUT2D eigenvalue weighted by molar-refractivity contribution is 6.31. The third-order valence-corrected chi connectivity index (χ3v) is 3.42. The van der Waals surface area contributed by atoms with E-state index >= 15 is 0 Å².